The van der Waals surface area contributed by atoms with Crippen LogP contribution in [0.3, 0.4) is 0 Å². The largest absolute Gasteiger partial charge is 0.310 e. The van der Waals surface area contributed by atoms with Crippen molar-refractivity contribution in [2.45, 2.75) is 0 Å². The zero-order chi connectivity index (χ0) is 41.7. The summed E-state index contributed by atoms with van der Waals surface area (Å²) in [6.45, 7) is 0. The van der Waals surface area contributed by atoms with Crippen LogP contribution in [0.2, 0.25) is 0 Å². The number of rotatable bonds is 8. The molecule has 0 fully saturated rings. The van der Waals surface area contributed by atoms with E-state index in [0.29, 0.717) is 0 Å². The Hall–Kier alpha value is -7.98. The molecular formula is C60H40N2S. The van der Waals surface area contributed by atoms with Crippen molar-refractivity contribution in [3.8, 4) is 50.2 Å². The van der Waals surface area contributed by atoms with E-state index in [1.165, 1.54) is 86.5 Å². The van der Waals surface area contributed by atoms with E-state index in [4.69, 9.17) is 0 Å². The van der Waals surface area contributed by atoms with Crippen LogP contribution in [-0.4, -0.2) is 4.57 Å². The predicted molar refractivity (Wildman–Crippen MR) is 270 cm³/mol. The van der Waals surface area contributed by atoms with Crippen LogP contribution in [0.5, 0.6) is 0 Å². The van der Waals surface area contributed by atoms with Gasteiger partial charge < -0.3 is 9.47 Å². The van der Waals surface area contributed by atoms with Gasteiger partial charge in [0.2, 0.25) is 0 Å². The summed E-state index contributed by atoms with van der Waals surface area (Å²) < 4.78 is 4.98. The van der Waals surface area contributed by atoms with E-state index in [2.05, 4.69) is 252 Å². The minimum Gasteiger partial charge on any atom is -0.310 e. The Kier molecular flexibility index (Phi) is 9.06. The second-order valence-corrected chi connectivity index (χ2v) is 17.2. The Morgan fingerprint density at radius 3 is 1.40 bits per heavy atom. The lowest BCUT2D eigenvalue weighted by atomic mass is 10.0. The number of hydrogen-bond acceptors (Lipinski definition) is 2. The Balaban J connectivity index is 0.942. The van der Waals surface area contributed by atoms with Crippen LogP contribution in [0.1, 0.15) is 0 Å². The first kappa shape index (κ1) is 36.8. The van der Waals surface area contributed by atoms with Crippen molar-refractivity contribution in [3.05, 3.63) is 243 Å². The summed E-state index contributed by atoms with van der Waals surface area (Å²) >= 11 is 1.86. The van der Waals surface area contributed by atoms with E-state index in [1.807, 2.05) is 11.3 Å². The van der Waals surface area contributed by atoms with Crippen molar-refractivity contribution in [3.63, 3.8) is 0 Å². The molecule has 0 N–H and O–H groups in total. The molecule has 10 aromatic carbocycles. The average Bonchev–Trinajstić information content (AvgIpc) is 3.90. The number of thiophene rings is 1. The molecule has 0 amide bonds. The SMILES string of the molecule is c1ccc(-c2ccc(N(c3ccc(-c4ccccc4)cc3)c3ccc4sc5cc(-c6ccc7c8ccccc8n(-c8cccc(-c9ccccc9)c8)c7c6)ccc5c4c3)cc2)cc1. The van der Waals surface area contributed by atoms with E-state index in [-0.39, 0.29) is 0 Å². The van der Waals surface area contributed by atoms with Crippen LogP contribution in [0.15, 0.2) is 243 Å². The van der Waals surface area contributed by atoms with Crippen molar-refractivity contribution in [2.24, 2.45) is 0 Å². The lowest BCUT2D eigenvalue weighted by molar-refractivity contribution is 1.18. The molecule has 0 saturated carbocycles. The third-order valence-corrected chi connectivity index (χ3v) is 13.5. The lowest BCUT2D eigenvalue weighted by Gasteiger charge is -2.26. The predicted octanol–water partition coefficient (Wildman–Crippen LogP) is 17.3. The van der Waals surface area contributed by atoms with Crippen molar-refractivity contribution in [1.82, 2.24) is 4.57 Å². The van der Waals surface area contributed by atoms with Gasteiger partial charge in [0.05, 0.1) is 11.0 Å². The van der Waals surface area contributed by atoms with Crippen LogP contribution >= 0.6 is 11.3 Å². The van der Waals surface area contributed by atoms with Crippen molar-refractivity contribution < 1.29 is 0 Å². The van der Waals surface area contributed by atoms with Gasteiger partial charge in [0.25, 0.3) is 0 Å². The molecule has 0 saturated heterocycles. The summed E-state index contributed by atoms with van der Waals surface area (Å²) in [5.74, 6) is 0. The Morgan fingerprint density at radius 2 is 0.746 bits per heavy atom. The summed E-state index contributed by atoms with van der Waals surface area (Å²) in [6.07, 6.45) is 0. The molecule has 0 bridgehead atoms. The fraction of sp³-hybridized carbons (Fsp3) is 0. The lowest BCUT2D eigenvalue weighted by Crippen LogP contribution is -2.09. The fourth-order valence-electron chi connectivity index (χ4n) is 9.28. The van der Waals surface area contributed by atoms with Crippen molar-refractivity contribution >= 4 is 70.4 Å². The fourth-order valence-corrected chi connectivity index (χ4v) is 10.4. The average molecular weight is 821 g/mol. The number of para-hydroxylation sites is 1. The second kappa shape index (κ2) is 15.5. The minimum atomic E-state index is 1.11. The minimum absolute atomic E-state index is 1.11. The highest BCUT2D eigenvalue weighted by Gasteiger charge is 2.18. The second-order valence-electron chi connectivity index (χ2n) is 16.2. The molecule has 0 aliphatic carbocycles. The molecule has 296 valence electrons. The molecule has 3 heteroatoms. The van der Waals surface area contributed by atoms with Gasteiger partial charge in [-0.15, -0.1) is 11.3 Å². The Labute approximate surface area is 370 Å². The molecule has 2 heterocycles. The smallest absolute Gasteiger partial charge is 0.0547 e. The number of aromatic nitrogens is 1. The number of nitrogens with zero attached hydrogens (tertiary/aromatic N) is 2. The molecule has 63 heavy (non-hydrogen) atoms. The molecule has 0 atom stereocenters. The maximum atomic E-state index is 2.43. The summed E-state index contributed by atoms with van der Waals surface area (Å²) in [4.78, 5) is 2.38. The van der Waals surface area contributed by atoms with Crippen LogP contribution in [0.4, 0.5) is 17.1 Å². The van der Waals surface area contributed by atoms with Gasteiger partial charge in [-0.3, -0.25) is 0 Å². The number of anilines is 3. The van der Waals surface area contributed by atoms with E-state index in [9.17, 15) is 0 Å². The van der Waals surface area contributed by atoms with Crippen LogP contribution in [-0.2, 0) is 0 Å². The van der Waals surface area contributed by atoms with Gasteiger partial charge in [-0.05, 0) is 117 Å². The van der Waals surface area contributed by atoms with Gasteiger partial charge in [0.1, 0.15) is 0 Å². The van der Waals surface area contributed by atoms with Crippen LogP contribution < -0.4 is 4.90 Å². The van der Waals surface area contributed by atoms with Crippen LogP contribution in [0.25, 0.3) is 92.2 Å². The molecule has 2 nitrogen and oxygen atoms in total. The first-order valence-corrected chi connectivity index (χ1v) is 22.3. The third kappa shape index (κ3) is 6.67. The van der Waals surface area contributed by atoms with E-state index in [0.717, 1.165) is 22.7 Å². The highest BCUT2D eigenvalue weighted by Crippen LogP contribution is 2.43. The van der Waals surface area contributed by atoms with Crippen molar-refractivity contribution in [2.75, 3.05) is 4.90 Å². The molecule has 12 aromatic rings. The molecule has 0 spiro atoms. The van der Waals surface area contributed by atoms with Gasteiger partial charge >= 0.3 is 0 Å². The maximum Gasteiger partial charge on any atom is 0.0547 e. The Bertz CT molecular complexity index is 3500. The van der Waals surface area contributed by atoms with Crippen molar-refractivity contribution in [1.29, 1.82) is 0 Å². The van der Waals surface area contributed by atoms with Gasteiger partial charge in [-0.2, -0.15) is 0 Å². The van der Waals surface area contributed by atoms with E-state index >= 15 is 0 Å². The maximum absolute atomic E-state index is 2.43. The molecule has 12 rings (SSSR count). The quantitative estimate of drug-likeness (QED) is 0.148. The molecule has 0 radical (unpaired) electrons. The van der Waals surface area contributed by atoms with Gasteiger partial charge in [-0.1, -0.05) is 170 Å². The van der Waals surface area contributed by atoms with Crippen LogP contribution in [0, 0.1) is 0 Å². The number of hydrogen-bond donors (Lipinski definition) is 0. The summed E-state index contributed by atoms with van der Waals surface area (Å²) in [5.41, 5.74) is 16.6. The van der Waals surface area contributed by atoms with Gasteiger partial charge in [0.15, 0.2) is 0 Å². The monoisotopic (exact) mass is 820 g/mol. The number of fused-ring (bicyclic) bond motifs is 6. The highest BCUT2D eigenvalue weighted by atomic mass is 32.1. The first-order chi connectivity index (χ1) is 31.2. The van der Waals surface area contributed by atoms with E-state index in [1.54, 1.807) is 0 Å². The molecule has 0 aliphatic rings. The molecule has 0 unspecified atom stereocenters. The molecular weight excluding hydrogens is 781 g/mol. The number of benzene rings is 10. The zero-order valence-corrected chi connectivity index (χ0v) is 35.2. The standard InChI is InChI=1S/C60H40N2S/c1-4-13-41(14-5-1)44-23-29-49(30-24-44)61(50-31-25-45(26-32-50)42-15-6-2-7-16-42)52-33-36-59-56(40-52)55-35-28-48(39-60(55)63-59)47-27-34-54-53-21-10-11-22-57(53)62(58(54)38-47)51-20-12-19-46(37-51)43-17-8-3-9-18-43/h1-40H. The van der Waals surface area contributed by atoms with Gasteiger partial charge in [-0.25, -0.2) is 0 Å². The zero-order valence-electron chi connectivity index (χ0n) is 34.4. The van der Waals surface area contributed by atoms with Gasteiger partial charge in [0, 0.05) is 53.7 Å². The summed E-state index contributed by atoms with van der Waals surface area (Å²) in [5, 5.41) is 5.05. The third-order valence-electron chi connectivity index (χ3n) is 12.4. The molecule has 0 aliphatic heterocycles. The highest BCUT2D eigenvalue weighted by molar-refractivity contribution is 7.25. The van der Waals surface area contributed by atoms with E-state index < -0.39 is 0 Å². The Morgan fingerprint density at radius 1 is 0.270 bits per heavy atom. The topological polar surface area (TPSA) is 8.17 Å². The summed E-state index contributed by atoms with van der Waals surface area (Å²) in [7, 11) is 0. The normalized spacial score (nSPS) is 11.5. The first-order valence-electron chi connectivity index (χ1n) is 21.5. The molecule has 2 aromatic heterocycles. The summed E-state index contributed by atoms with van der Waals surface area (Å²) in [6, 6.07) is 88.3.